The SMILES string of the molecule is NC1CCC(N(Cc2cccc(NC(=O)N3CCOCC3)c2)C(=O)c2ccccc2)CC1. The Morgan fingerprint density at radius 2 is 1.72 bits per heavy atom. The standard InChI is InChI=1S/C25H32N4O3/c26-21-9-11-23(12-10-21)29(24(30)20-6-2-1-3-7-20)18-19-5-4-8-22(17-19)27-25(31)28-13-15-32-16-14-28/h1-8,17,21,23H,9-16,18,26H2,(H,27,31). The number of nitrogens with two attached hydrogens (primary N) is 1. The second-order valence-corrected chi connectivity index (χ2v) is 8.60. The van der Waals surface area contributed by atoms with Crippen LogP contribution in [0.4, 0.5) is 10.5 Å². The highest BCUT2D eigenvalue weighted by atomic mass is 16.5. The van der Waals surface area contributed by atoms with Gasteiger partial charge in [-0.1, -0.05) is 30.3 Å². The molecule has 0 spiro atoms. The highest BCUT2D eigenvalue weighted by molar-refractivity contribution is 5.94. The van der Waals surface area contributed by atoms with Crippen molar-refractivity contribution in [1.82, 2.24) is 9.80 Å². The van der Waals surface area contributed by atoms with Crippen LogP contribution in [0.1, 0.15) is 41.6 Å². The molecule has 3 amide bonds. The first-order valence-electron chi connectivity index (χ1n) is 11.4. The van der Waals surface area contributed by atoms with Crippen molar-refractivity contribution < 1.29 is 14.3 Å². The average molecular weight is 437 g/mol. The Morgan fingerprint density at radius 1 is 1.00 bits per heavy atom. The van der Waals surface area contributed by atoms with Gasteiger partial charge in [-0.15, -0.1) is 0 Å². The number of nitrogens with one attached hydrogen (secondary N) is 1. The molecule has 2 aromatic carbocycles. The van der Waals surface area contributed by atoms with Gasteiger partial charge in [-0.2, -0.15) is 0 Å². The third-order valence-corrected chi connectivity index (χ3v) is 6.29. The number of morpholine rings is 1. The molecule has 0 atom stereocenters. The molecule has 0 aromatic heterocycles. The zero-order valence-corrected chi connectivity index (χ0v) is 18.4. The Bertz CT molecular complexity index is 906. The second kappa shape index (κ2) is 10.6. The zero-order valence-electron chi connectivity index (χ0n) is 18.4. The van der Waals surface area contributed by atoms with Crippen molar-refractivity contribution in [3.8, 4) is 0 Å². The zero-order chi connectivity index (χ0) is 22.3. The van der Waals surface area contributed by atoms with E-state index in [1.807, 2.05) is 59.5 Å². The molecule has 170 valence electrons. The van der Waals surface area contributed by atoms with Crippen LogP contribution in [-0.4, -0.2) is 60.1 Å². The van der Waals surface area contributed by atoms with E-state index in [1.165, 1.54) is 0 Å². The summed E-state index contributed by atoms with van der Waals surface area (Å²) in [5.74, 6) is 0.0360. The Labute approximate surface area is 189 Å². The quantitative estimate of drug-likeness (QED) is 0.751. The summed E-state index contributed by atoms with van der Waals surface area (Å²) in [7, 11) is 0. The number of carbonyl (C=O) groups excluding carboxylic acids is 2. The summed E-state index contributed by atoms with van der Waals surface area (Å²) in [5.41, 5.74) is 8.53. The number of hydrogen-bond donors (Lipinski definition) is 2. The molecule has 1 saturated carbocycles. The van der Waals surface area contributed by atoms with Crippen molar-refractivity contribution in [2.75, 3.05) is 31.6 Å². The first-order valence-corrected chi connectivity index (χ1v) is 11.4. The third-order valence-electron chi connectivity index (χ3n) is 6.29. The third kappa shape index (κ3) is 5.66. The predicted octanol–water partition coefficient (Wildman–Crippen LogP) is 3.46. The molecule has 1 aliphatic heterocycles. The van der Waals surface area contributed by atoms with Gasteiger partial charge in [0.25, 0.3) is 5.91 Å². The summed E-state index contributed by atoms with van der Waals surface area (Å²) < 4.78 is 5.32. The average Bonchev–Trinajstić information content (AvgIpc) is 2.84. The van der Waals surface area contributed by atoms with E-state index in [-0.39, 0.29) is 24.0 Å². The van der Waals surface area contributed by atoms with E-state index in [2.05, 4.69) is 5.32 Å². The molecule has 32 heavy (non-hydrogen) atoms. The van der Waals surface area contributed by atoms with E-state index in [0.717, 1.165) is 36.9 Å². The molecule has 2 aromatic rings. The minimum atomic E-state index is -0.121. The van der Waals surface area contributed by atoms with Gasteiger partial charge in [0.2, 0.25) is 0 Å². The fourth-order valence-electron chi connectivity index (χ4n) is 4.44. The highest BCUT2D eigenvalue weighted by Crippen LogP contribution is 2.26. The van der Waals surface area contributed by atoms with Gasteiger partial charge in [0, 0.05) is 43.0 Å². The van der Waals surface area contributed by atoms with E-state index in [0.29, 0.717) is 38.4 Å². The van der Waals surface area contributed by atoms with Gasteiger partial charge in [0.1, 0.15) is 0 Å². The van der Waals surface area contributed by atoms with Crippen molar-refractivity contribution in [3.63, 3.8) is 0 Å². The number of ether oxygens (including phenoxy) is 1. The van der Waals surface area contributed by atoms with Crippen LogP contribution < -0.4 is 11.1 Å². The smallest absolute Gasteiger partial charge is 0.321 e. The predicted molar refractivity (Wildman–Crippen MR) is 124 cm³/mol. The van der Waals surface area contributed by atoms with Gasteiger partial charge in [0.15, 0.2) is 0 Å². The lowest BCUT2D eigenvalue weighted by atomic mass is 9.90. The first kappa shape index (κ1) is 22.3. The lowest BCUT2D eigenvalue weighted by Gasteiger charge is -2.36. The van der Waals surface area contributed by atoms with Gasteiger partial charge in [-0.25, -0.2) is 4.79 Å². The summed E-state index contributed by atoms with van der Waals surface area (Å²) in [6, 6.07) is 17.5. The molecule has 1 aliphatic carbocycles. The molecule has 7 nitrogen and oxygen atoms in total. The van der Waals surface area contributed by atoms with Gasteiger partial charge >= 0.3 is 6.03 Å². The summed E-state index contributed by atoms with van der Waals surface area (Å²) >= 11 is 0. The van der Waals surface area contributed by atoms with Crippen LogP contribution >= 0.6 is 0 Å². The number of anilines is 1. The summed E-state index contributed by atoms with van der Waals surface area (Å²) in [6.45, 7) is 2.81. The van der Waals surface area contributed by atoms with E-state index < -0.39 is 0 Å². The fourth-order valence-corrected chi connectivity index (χ4v) is 4.44. The lowest BCUT2D eigenvalue weighted by molar-refractivity contribution is 0.0564. The van der Waals surface area contributed by atoms with Crippen molar-refractivity contribution >= 4 is 17.6 Å². The van der Waals surface area contributed by atoms with Crippen LogP contribution in [0, 0.1) is 0 Å². The largest absolute Gasteiger partial charge is 0.378 e. The monoisotopic (exact) mass is 436 g/mol. The van der Waals surface area contributed by atoms with Crippen LogP contribution in [-0.2, 0) is 11.3 Å². The molecule has 1 heterocycles. The number of hydrogen-bond acceptors (Lipinski definition) is 4. The Kier molecular flexibility index (Phi) is 7.39. The van der Waals surface area contributed by atoms with Crippen LogP contribution in [0.25, 0.3) is 0 Å². The molecule has 7 heteroatoms. The van der Waals surface area contributed by atoms with E-state index >= 15 is 0 Å². The lowest BCUT2D eigenvalue weighted by Crippen LogP contribution is -2.44. The Morgan fingerprint density at radius 3 is 2.44 bits per heavy atom. The Balaban J connectivity index is 1.49. The van der Waals surface area contributed by atoms with Crippen molar-refractivity contribution in [2.24, 2.45) is 5.73 Å². The molecule has 0 unspecified atom stereocenters. The van der Waals surface area contributed by atoms with E-state index in [1.54, 1.807) is 4.90 Å². The molecular weight excluding hydrogens is 404 g/mol. The number of benzene rings is 2. The second-order valence-electron chi connectivity index (χ2n) is 8.60. The van der Waals surface area contributed by atoms with E-state index in [9.17, 15) is 9.59 Å². The number of amides is 3. The van der Waals surface area contributed by atoms with Crippen LogP contribution in [0.2, 0.25) is 0 Å². The van der Waals surface area contributed by atoms with Crippen LogP contribution in [0.15, 0.2) is 54.6 Å². The van der Waals surface area contributed by atoms with Gasteiger partial charge in [0.05, 0.1) is 13.2 Å². The molecule has 4 rings (SSSR count). The van der Waals surface area contributed by atoms with Gasteiger partial charge in [-0.05, 0) is 55.5 Å². The number of carbonyl (C=O) groups is 2. The highest BCUT2D eigenvalue weighted by Gasteiger charge is 2.28. The van der Waals surface area contributed by atoms with Gasteiger partial charge in [-0.3, -0.25) is 4.79 Å². The molecule has 2 aliphatic rings. The topological polar surface area (TPSA) is 87.9 Å². The maximum Gasteiger partial charge on any atom is 0.321 e. The molecule has 1 saturated heterocycles. The summed E-state index contributed by atoms with van der Waals surface area (Å²) in [6.07, 6.45) is 3.68. The van der Waals surface area contributed by atoms with Crippen molar-refractivity contribution in [1.29, 1.82) is 0 Å². The van der Waals surface area contributed by atoms with Crippen LogP contribution in [0.5, 0.6) is 0 Å². The fraction of sp³-hybridized carbons (Fsp3) is 0.440. The molecule has 2 fully saturated rings. The summed E-state index contributed by atoms with van der Waals surface area (Å²) in [5, 5.41) is 2.98. The maximum absolute atomic E-state index is 13.4. The molecular formula is C25H32N4O3. The number of nitrogens with zero attached hydrogens (tertiary/aromatic N) is 2. The number of rotatable bonds is 5. The van der Waals surface area contributed by atoms with Crippen LogP contribution in [0.3, 0.4) is 0 Å². The van der Waals surface area contributed by atoms with Crippen molar-refractivity contribution in [2.45, 2.75) is 44.3 Å². The van der Waals surface area contributed by atoms with E-state index in [4.69, 9.17) is 10.5 Å². The summed E-state index contributed by atoms with van der Waals surface area (Å²) in [4.78, 5) is 29.7. The molecule has 0 bridgehead atoms. The minimum Gasteiger partial charge on any atom is -0.378 e. The van der Waals surface area contributed by atoms with Crippen molar-refractivity contribution in [3.05, 3.63) is 65.7 Å². The number of urea groups is 1. The first-order chi connectivity index (χ1) is 15.6. The maximum atomic E-state index is 13.4. The Hall–Kier alpha value is -2.90. The van der Waals surface area contributed by atoms with Gasteiger partial charge < -0.3 is 25.6 Å². The minimum absolute atomic E-state index is 0.0360. The molecule has 0 radical (unpaired) electrons. The molecule has 3 N–H and O–H groups in total. The normalized spacial score (nSPS) is 21.1.